The molecule has 0 heterocycles. The molecule has 0 saturated heterocycles. The molecule has 82 valence electrons. The van der Waals surface area contributed by atoms with Crippen LogP contribution in [0.4, 0.5) is 5.69 Å². The van der Waals surface area contributed by atoms with Gasteiger partial charge in [-0.3, -0.25) is 4.79 Å². The molecule has 0 atom stereocenters. The molecule has 0 spiro atoms. The van der Waals surface area contributed by atoms with E-state index >= 15 is 0 Å². The summed E-state index contributed by atoms with van der Waals surface area (Å²) in [6.45, 7) is 5.20. The molecule has 0 bridgehead atoms. The molecule has 0 aliphatic carbocycles. The van der Waals surface area contributed by atoms with Crippen LogP contribution < -0.4 is 5.73 Å². The van der Waals surface area contributed by atoms with Gasteiger partial charge in [0.25, 0.3) is 5.91 Å². The van der Waals surface area contributed by atoms with Gasteiger partial charge in [-0.2, -0.15) is 0 Å². The quantitative estimate of drug-likeness (QED) is 0.805. The molecule has 0 fully saturated rings. The molecule has 0 saturated carbocycles. The number of carbonyl (C=O) groups excluding carboxylic acids is 1. The predicted octanol–water partition coefficient (Wildman–Crippen LogP) is 2.40. The summed E-state index contributed by atoms with van der Waals surface area (Å²) in [6, 6.07) is 5.10. The van der Waals surface area contributed by atoms with E-state index in [4.69, 9.17) is 17.3 Å². The van der Waals surface area contributed by atoms with Crippen LogP contribution >= 0.6 is 11.6 Å². The highest BCUT2D eigenvalue weighted by Gasteiger charge is 2.16. The normalized spacial score (nSPS) is 10.1. The minimum atomic E-state index is -0.0694. The summed E-state index contributed by atoms with van der Waals surface area (Å²) in [5.74, 6) is -0.0694. The molecule has 2 N–H and O–H groups in total. The van der Waals surface area contributed by atoms with Crippen molar-refractivity contribution in [1.29, 1.82) is 0 Å². The van der Waals surface area contributed by atoms with Crippen LogP contribution in [0.3, 0.4) is 0 Å². The summed E-state index contributed by atoms with van der Waals surface area (Å²) in [4.78, 5) is 13.7. The van der Waals surface area contributed by atoms with Crippen LogP contribution in [0, 0.1) is 0 Å². The fourth-order valence-corrected chi connectivity index (χ4v) is 1.58. The molecule has 1 rings (SSSR count). The first-order valence-corrected chi connectivity index (χ1v) is 5.32. The fourth-order valence-electron chi connectivity index (χ4n) is 1.40. The fraction of sp³-hybridized carbons (Fsp3) is 0.364. The third-order valence-electron chi connectivity index (χ3n) is 2.33. The Morgan fingerprint density at radius 2 is 2.00 bits per heavy atom. The smallest absolute Gasteiger partial charge is 0.255 e. The maximum Gasteiger partial charge on any atom is 0.255 e. The lowest BCUT2D eigenvalue weighted by molar-refractivity contribution is 0.0774. The Balaban J connectivity index is 3.05. The van der Waals surface area contributed by atoms with Crippen molar-refractivity contribution in [2.24, 2.45) is 0 Å². The Morgan fingerprint density at radius 1 is 1.40 bits per heavy atom. The topological polar surface area (TPSA) is 46.3 Å². The molecule has 0 unspecified atom stereocenters. The van der Waals surface area contributed by atoms with Gasteiger partial charge in [0.15, 0.2) is 0 Å². The largest absolute Gasteiger partial charge is 0.397 e. The first-order valence-electron chi connectivity index (χ1n) is 4.95. The van der Waals surface area contributed by atoms with Crippen molar-refractivity contribution in [3.63, 3.8) is 0 Å². The van der Waals surface area contributed by atoms with E-state index < -0.39 is 0 Å². The average Bonchev–Trinajstić information content (AvgIpc) is 2.23. The van der Waals surface area contributed by atoms with Crippen LogP contribution in [0.15, 0.2) is 18.2 Å². The van der Waals surface area contributed by atoms with Gasteiger partial charge >= 0.3 is 0 Å². The number of hydrogen-bond donors (Lipinski definition) is 1. The predicted molar refractivity (Wildman–Crippen MR) is 63.1 cm³/mol. The monoisotopic (exact) mass is 226 g/mol. The second-order valence-corrected chi connectivity index (χ2v) is 3.59. The maximum absolute atomic E-state index is 12.0. The number of hydrogen-bond acceptors (Lipinski definition) is 2. The first-order chi connectivity index (χ1) is 7.11. The molecule has 3 nitrogen and oxygen atoms in total. The van der Waals surface area contributed by atoms with Gasteiger partial charge in [-0.05, 0) is 26.0 Å². The van der Waals surface area contributed by atoms with Gasteiger partial charge in [0.05, 0.1) is 16.3 Å². The number of anilines is 1. The lowest BCUT2D eigenvalue weighted by atomic mass is 10.1. The second-order valence-electron chi connectivity index (χ2n) is 3.18. The zero-order valence-corrected chi connectivity index (χ0v) is 9.71. The molecule has 0 aromatic heterocycles. The lowest BCUT2D eigenvalue weighted by Crippen LogP contribution is -2.31. The molecule has 0 aliphatic heterocycles. The highest BCUT2D eigenvalue weighted by Crippen LogP contribution is 2.23. The lowest BCUT2D eigenvalue weighted by Gasteiger charge is -2.19. The Kier molecular flexibility index (Phi) is 3.97. The van der Waals surface area contributed by atoms with Crippen molar-refractivity contribution >= 4 is 23.2 Å². The number of nitrogen functional groups attached to an aromatic ring is 1. The van der Waals surface area contributed by atoms with Crippen LogP contribution in [-0.4, -0.2) is 23.9 Å². The van der Waals surface area contributed by atoms with E-state index in [-0.39, 0.29) is 5.91 Å². The summed E-state index contributed by atoms with van der Waals surface area (Å²) >= 11 is 5.85. The van der Waals surface area contributed by atoms with Crippen LogP contribution in [0.5, 0.6) is 0 Å². The van der Waals surface area contributed by atoms with Gasteiger partial charge in [-0.15, -0.1) is 0 Å². The Labute approximate surface area is 94.8 Å². The molecular formula is C11H15ClN2O. The van der Waals surface area contributed by atoms with E-state index in [1.165, 1.54) is 0 Å². The molecule has 15 heavy (non-hydrogen) atoms. The summed E-state index contributed by atoms with van der Waals surface area (Å²) in [5.41, 5.74) is 6.59. The molecule has 1 aromatic carbocycles. The highest BCUT2D eigenvalue weighted by atomic mass is 35.5. The minimum absolute atomic E-state index is 0.0694. The zero-order chi connectivity index (χ0) is 11.4. The third-order valence-corrected chi connectivity index (χ3v) is 2.66. The zero-order valence-electron chi connectivity index (χ0n) is 8.96. The van der Waals surface area contributed by atoms with E-state index in [1.807, 2.05) is 13.8 Å². The van der Waals surface area contributed by atoms with Gasteiger partial charge in [-0.25, -0.2) is 0 Å². The maximum atomic E-state index is 12.0. The number of carbonyl (C=O) groups is 1. The van der Waals surface area contributed by atoms with Crippen molar-refractivity contribution in [3.8, 4) is 0 Å². The van der Waals surface area contributed by atoms with Crippen LogP contribution in [0.2, 0.25) is 5.02 Å². The third kappa shape index (κ3) is 2.42. The number of para-hydroxylation sites is 1. The van der Waals surface area contributed by atoms with Crippen LogP contribution in [-0.2, 0) is 0 Å². The first kappa shape index (κ1) is 11.9. The van der Waals surface area contributed by atoms with E-state index in [2.05, 4.69) is 0 Å². The van der Waals surface area contributed by atoms with E-state index in [0.717, 1.165) is 0 Å². The number of nitrogens with two attached hydrogens (primary N) is 1. The van der Waals surface area contributed by atoms with E-state index in [0.29, 0.717) is 29.4 Å². The van der Waals surface area contributed by atoms with Crippen molar-refractivity contribution in [2.75, 3.05) is 18.8 Å². The molecule has 4 heteroatoms. The highest BCUT2D eigenvalue weighted by molar-refractivity contribution is 6.33. The van der Waals surface area contributed by atoms with Crippen LogP contribution in [0.1, 0.15) is 24.2 Å². The summed E-state index contributed by atoms with van der Waals surface area (Å²) < 4.78 is 0. The van der Waals surface area contributed by atoms with E-state index in [1.54, 1.807) is 23.1 Å². The van der Waals surface area contributed by atoms with Gasteiger partial charge in [0.2, 0.25) is 0 Å². The van der Waals surface area contributed by atoms with E-state index in [9.17, 15) is 4.79 Å². The van der Waals surface area contributed by atoms with Crippen LogP contribution in [0.25, 0.3) is 0 Å². The number of amides is 1. The van der Waals surface area contributed by atoms with Crippen molar-refractivity contribution in [3.05, 3.63) is 28.8 Å². The second kappa shape index (κ2) is 5.03. The minimum Gasteiger partial charge on any atom is -0.397 e. The van der Waals surface area contributed by atoms with Gasteiger partial charge in [-0.1, -0.05) is 17.7 Å². The van der Waals surface area contributed by atoms with Gasteiger partial charge < -0.3 is 10.6 Å². The number of rotatable bonds is 3. The van der Waals surface area contributed by atoms with Gasteiger partial charge in [0, 0.05) is 13.1 Å². The number of halogens is 1. The molecule has 0 radical (unpaired) electrons. The van der Waals surface area contributed by atoms with Crippen molar-refractivity contribution < 1.29 is 4.79 Å². The number of benzene rings is 1. The standard InChI is InChI=1S/C11H15ClN2O/c1-3-14(4-2)11(15)8-6-5-7-9(12)10(8)13/h5-7H,3-4,13H2,1-2H3. The Morgan fingerprint density at radius 3 is 2.53 bits per heavy atom. The molecule has 1 amide bonds. The van der Waals surface area contributed by atoms with Gasteiger partial charge in [0.1, 0.15) is 0 Å². The Hall–Kier alpha value is -1.22. The molecule has 0 aliphatic rings. The molecule has 1 aromatic rings. The Bertz CT molecular complexity index is 362. The SMILES string of the molecule is CCN(CC)C(=O)c1cccc(Cl)c1N. The van der Waals surface area contributed by atoms with Crippen molar-refractivity contribution in [1.82, 2.24) is 4.90 Å². The van der Waals surface area contributed by atoms with Crippen molar-refractivity contribution in [2.45, 2.75) is 13.8 Å². The average molecular weight is 227 g/mol. The summed E-state index contributed by atoms with van der Waals surface area (Å²) in [6.07, 6.45) is 0. The summed E-state index contributed by atoms with van der Waals surface area (Å²) in [7, 11) is 0. The molecular weight excluding hydrogens is 212 g/mol. The number of nitrogens with zero attached hydrogens (tertiary/aromatic N) is 1. The summed E-state index contributed by atoms with van der Waals surface area (Å²) in [5, 5.41) is 0.424.